The molecule has 0 radical (unpaired) electrons. The number of esters is 1. The molecule has 8 rings (SSSR count). The summed E-state index contributed by atoms with van der Waals surface area (Å²) in [5, 5.41) is 14.1. The maximum Gasteiger partial charge on any atom is 0.309 e. The zero-order valence-electron chi connectivity index (χ0n) is 37.4. The first-order valence-electron chi connectivity index (χ1n) is 23.1. The molecule has 1 aliphatic heterocycles. The molecule has 5 saturated carbocycles. The number of carboxylic acids is 1. The molecule has 59 heavy (non-hydrogen) atoms. The third-order valence-electron chi connectivity index (χ3n) is 18.9. The number of rotatable bonds is 11. The Labute approximate surface area is 358 Å². The lowest BCUT2D eigenvalue weighted by Crippen LogP contribution is -2.66. The summed E-state index contributed by atoms with van der Waals surface area (Å²) in [6.07, 6.45) is 11.4. The van der Waals surface area contributed by atoms with Crippen molar-refractivity contribution < 1.29 is 33.7 Å². The largest absolute Gasteiger partial charge is 0.488 e. The van der Waals surface area contributed by atoms with E-state index in [4.69, 9.17) is 25.8 Å². The number of aliphatic carboxylic acids is 1. The Hall–Kier alpha value is -2.42. The van der Waals surface area contributed by atoms with Crippen molar-refractivity contribution in [3.05, 3.63) is 39.9 Å². The van der Waals surface area contributed by atoms with Crippen molar-refractivity contribution in [1.82, 2.24) is 5.32 Å². The van der Waals surface area contributed by atoms with E-state index in [0.29, 0.717) is 54.6 Å². The smallest absolute Gasteiger partial charge is 0.309 e. The van der Waals surface area contributed by atoms with E-state index in [9.17, 15) is 19.5 Å². The predicted molar refractivity (Wildman–Crippen MR) is 230 cm³/mol. The SMILES string of the molecule is CC(C)C1=C2[C@H]3CC[C@@H]4[C@@]5(C)CC[C@H](OC(=O)[C@H]6C[C@@H](C(=O)O)C6(C)C)C(C)(C)[C@@H]5CC[C@@]4(C)[C@]3(C)CC[C@@]2(CCNCc2ccc(Cl)cc2O[C@H]2CCOC2)CC1=O. The highest BCUT2D eigenvalue weighted by molar-refractivity contribution is 6.30. The molecule has 326 valence electrons. The average molecular weight is 835 g/mol. The quantitative estimate of drug-likeness (QED) is 0.167. The molecular weight excluding hydrogens is 762 g/mol. The van der Waals surface area contributed by atoms with Crippen LogP contribution in [0.25, 0.3) is 0 Å². The van der Waals surface area contributed by atoms with Gasteiger partial charge in [-0.15, -0.1) is 0 Å². The molecule has 8 nitrogen and oxygen atoms in total. The number of benzene rings is 1. The third kappa shape index (κ3) is 6.76. The Balaban J connectivity index is 0.992. The zero-order valence-corrected chi connectivity index (χ0v) is 38.2. The van der Waals surface area contributed by atoms with Crippen LogP contribution in [0.2, 0.25) is 5.02 Å². The van der Waals surface area contributed by atoms with Crippen molar-refractivity contribution in [2.24, 2.45) is 68.0 Å². The second kappa shape index (κ2) is 15.1. The number of hydrogen-bond donors (Lipinski definition) is 2. The maximum atomic E-state index is 14.2. The van der Waals surface area contributed by atoms with Crippen LogP contribution in [0, 0.1) is 68.0 Å². The second-order valence-electron chi connectivity index (χ2n) is 22.5. The average Bonchev–Trinajstić information content (AvgIpc) is 3.77. The number of Topliss-reactive ketones (excluding diaryl/α,β-unsaturated/α-hetero) is 1. The van der Waals surface area contributed by atoms with Crippen LogP contribution in [0.4, 0.5) is 0 Å². The molecule has 9 heteroatoms. The number of fused-ring (bicyclic) bond motifs is 7. The van der Waals surface area contributed by atoms with Gasteiger partial charge in [-0.05, 0) is 134 Å². The Kier molecular flexibility index (Phi) is 11.1. The summed E-state index contributed by atoms with van der Waals surface area (Å²) in [6, 6.07) is 5.92. The van der Waals surface area contributed by atoms with Gasteiger partial charge in [0.2, 0.25) is 0 Å². The molecule has 0 amide bonds. The maximum absolute atomic E-state index is 14.2. The highest BCUT2D eigenvalue weighted by Crippen LogP contribution is 2.77. The summed E-state index contributed by atoms with van der Waals surface area (Å²) in [6.45, 7) is 23.6. The van der Waals surface area contributed by atoms with Gasteiger partial charge in [0.25, 0.3) is 0 Å². The van der Waals surface area contributed by atoms with Gasteiger partial charge in [-0.2, -0.15) is 0 Å². The summed E-state index contributed by atoms with van der Waals surface area (Å²) < 4.78 is 18.4. The number of carbonyl (C=O) groups excluding carboxylic acids is 2. The Morgan fingerprint density at radius 3 is 2.36 bits per heavy atom. The van der Waals surface area contributed by atoms with Crippen molar-refractivity contribution in [2.45, 2.75) is 158 Å². The van der Waals surface area contributed by atoms with Crippen LogP contribution in [-0.2, 0) is 30.4 Å². The van der Waals surface area contributed by atoms with Crippen LogP contribution in [0.1, 0.15) is 145 Å². The Bertz CT molecular complexity index is 1880. The summed E-state index contributed by atoms with van der Waals surface area (Å²) in [5.74, 6) is 0.892. The van der Waals surface area contributed by atoms with E-state index in [0.717, 1.165) is 87.8 Å². The van der Waals surface area contributed by atoms with E-state index in [1.54, 1.807) is 0 Å². The van der Waals surface area contributed by atoms with Gasteiger partial charge in [0.15, 0.2) is 5.78 Å². The van der Waals surface area contributed by atoms with E-state index in [2.05, 4.69) is 59.8 Å². The molecule has 1 aromatic carbocycles. The molecule has 0 aromatic heterocycles. The molecule has 2 N–H and O–H groups in total. The molecule has 1 aromatic rings. The number of allylic oxidation sites excluding steroid dienone is 2. The molecule has 7 aliphatic rings. The lowest BCUT2D eigenvalue weighted by Gasteiger charge is -2.72. The van der Waals surface area contributed by atoms with Crippen LogP contribution in [-0.4, -0.2) is 54.8 Å². The van der Waals surface area contributed by atoms with Crippen molar-refractivity contribution >= 4 is 29.3 Å². The minimum atomic E-state index is -0.820. The first-order valence-corrected chi connectivity index (χ1v) is 23.5. The van der Waals surface area contributed by atoms with E-state index in [-0.39, 0.29) is 57.1 Å². The van der Waals surface area contributed by atoms with E-state index < -0.39 is 17.3 Å². The first kappa shape index (κ1) is 43.2. The second-order valence-corrected chi connectivity index (χ2v) is 23.0. The minimum Gasteiger partial charge on any atom is -0.488 e. The fourth-order valence-corrected chi connectivity index (χ4v) is 15.5. The minimum absolute atomic E-state index is 0.0522. The normalized spacial score (nSPS) is 40.7. The van der Waals surface area contributed by atoms with Gasteiger partial charge in [-0.1, -0.05) is 85.6 Å². The van der Waals surface area contributed by atoms with Gasteiger partial charge in [-0.25, -0.2) is 0 Å². The van der Waals surface area contributed by atoms with E-state index in [1.165, 1.54) is 12.0 Å². The standard InChI is InChI=1S/C50H72ClNO7/c1-29(2)41-36(53)26-50(21-22-52-27-30-10-11-31(51)24-37(30)58-32-16-23-57-28-32)20-19-48(8)33(42(41)50)12-13-39-47(7)17-15-40(46(5,6)38(47)14-18-49(39,48)9)59-44(56)35-25-34(43(54)55)45(35,3)4/h10-11,24,29,32-35,38-40,52H,12-23,25-28H2,1-9H3,(H,54,55)/t32-,33+,34-,35+,38-,39+,40-,47-,48+,49+,50+/m0/s1. The predicted octanol–water partition coefficient (Wildman–Crippen LogP) is 10.6. The molecule has 1 saturated heterocycles. The number of nitrogens with one attached hydrogen (secondary N) is 1. The molecular formula is C50H72ClNO7. The summed E-state index contributed by atoms with van der Waals surface area (Å²) in [7, 11) is 0. The Morgan fingerprint density at radius 2 is 1.68 bits per heavy atom. The monoisotopic (exact) mass is 833 g/mol. The van der Waals surface area contributed by atoms with Gasteiger partial charge in [-0.3, -0.25) is 14.4 Å². The van der Waals surface area contributed by atoms with Crippen molar-refractivity contribution in [3.8, 4) is 5.75 Å². The molecule has 11 atom stereocenters. The first-order chi connectivity index (χ1) is 27.7. The van der Waals surface area contributed by atoms with E-state index >= 15 is 0 Å². The van der Waals surface area contributed by atoms with Crippen LogP contribution in [0.3, 0.4) is 0 Å². The van der Waals surface area contributed by atoms with Crippen LogP contribution < -0.4 is 10.1 Å². The van der Waals surface area contributed by atoms with Crippen LogP contribution in [0.15, 0.2) is 29.3 Å². The fraction of sp³-hybridized carbons (Fsp3) is 0.780. The summed E-state index contributed by atoms with van der Waals surface area (Å²) >= 11 is 6.41. The fourth-order valence-electron chi connectivity index (χ4n) is 15.3. The Morgan fingerprint density at radius 1 is 0.915 bits per heavy atom. The van der Waals surface area contributed by atoms with Gasteiger partial charge >= 0.3 is 11.9 Å². The lowest BCUT2D eigenvalue weighted by atomic mass is 9.33. The molecule has 0 spiro atoms. The van der Waals surface area contributed by atoms with Gasteiger partial charge < -0.3 is 24.6 Å². The zero-order chi connectivity index (χ0) is 42.5. The number of carboxylic acid groups (broad SMARTS) is 1. The third-order valence-corrected chi connectivity index (χ3v) is 19.2. The van der Waals surface area contributed by atoms with Crippen molar-refractivity contribution in [3.63, 3.8) is 0 Å². The number of carbonyl (C=O) groups is 3. The van der Waals surface area contributed by atoms with Crippen molar-refractivity contribution in [1.29, 1.82) is 0 Å². The van der Waals surface area contributed by atoms with Gasteiger partial charge in [0.05, 0.1) is 25.0 Å². The van der Waals surface area contributed by atoms with Gasteiger partial charge in [0.1, 0.15) is 18.0 Å². The van der Waals surface area contributed by atoms with Gasteiger partial charge in [0, 0.05) is 40.8 Å². The lowest BCUT2D eigenvalue weighted by molar-refractivity contribution is -0.236. The number of hydrogen-bond acceptors (Lipinski definition) is 7. The molecule has 1 heterocycles. The number of ketones is 1. The molecule has 0 bridgehead atoms. The topological polar surface area (TPSA) is 111 Å². The summed E-state index contributed by atoms with van der Waals surface area (Å²) in [5.41, 5.74) is 3.21. The number of ether oxygens (including phenoxy) is 3. The highest BCUT2D eigenvalue weighted by Gasteiger charge is 2.70. The molecule has 6 fully saturated rings. The summed E-state index contributed by atoms with van der Waals surface area (Å²) in [4.78, 5) is 39.7. The molecule has 6 aliphatic carbocycles. The van der Waals surface area contributed by atoms with Crippen molar-refractivity contribution in [2.75, 3.05) is 19.8 Å². The highest BCUT2D eigenvalue weighted by atomic mass is 35.5. The van der Waals surface area contributed by atoms with E-state index in [1.807, 2.05) is 26.0 Å². The number of halogens is 1. The van der Waals surface area contributed by atoms with Crippen LogP contribution >= 0.6 is 11.6 Å². The van der Waals surface area contributed by atoms with Crippen LogP contribution in [0.5, 0.6) is 5.75 Å². The molecule has 0 unspecified atom stereocenters.